The number of aliphatic hydroxyl groups excluding tert-OH is 1. The van der Waals surface area contributed by atoms with Gasteiger partial charge in [-0.15, -0.1) is 0 Å². The predicted molar refractivity (Wildman–Crippen MR) is 85.8 cm³/mol. The maximum Gasteiger partial charge on any atom is 0.337 e. The second kappa shape index (κ2) is 8.27. The molecule has 0 aliphatic carbocycles. The minimum Gasteiger partial charge on any atom is -0.465 e. The monoisotopic (exact) mass is 306 g/mol. The molecule has 1 aromatic carbocycles. The van der Waals surface area contributed by atoms with Gasteiger partial charge in [-0.05, 0) is 24.1 Å². The normalized spacial score (nSPS) is 18.1. The third-order valence-electron chi connectivity index (χ3n) is 4.39. The Bertz CT molecular complexity index is 463. The van der Waals surface area contributed by atoms with Crippen LogP contribution in [0.1, 0.15) is 29.3 Å². The summed E-state index contributed by atoms with van der Waals surface area (Å²) in [5.41, 5.74) is 1.79. The van der Waals surface area contributed by atoms with Crippen molar-refractivity contribution in [3.63, 3.8) is 0 Å². The lowest BCUT2D eigenvalue weighted by molar-refractivity contribution is 0.0598. The quantitative estimate of drug-likeness (QED) is 0.804. The van der Waals surface area contributed by atoms with Gasteiger partial charge in [-0.3, -0.25) is 9.80 Å². The fourth-order valence-electron chi connectivity index (χ4n) is 2.91. The first-order chi connectivity index (χ1) is 10.7. The first-order valence-corrected chi connectivity index (χ1v) is 7.92. The highest BCUT2D eigenvalue weighted by atomic mass is 16.5. The zero-order valence-electron chi connectivity index (χ0n) is 13.5. The summed E-state index contributed by atoms with van der Waals surface area (Å²) < 4.78 is 4.71. The molecule has 1 aromatic rings. The number of hydrogen-bond donors (Lipinski definition) is 1. The number of carbonyl (C=O) groups excluding carboxylic acids is 1. The molecule has 0 amide bonds. The van der Waals surface area contributed by atoms with E-state index in [9.17, 15) is 9.90 Å². The first kappa shape index (κ1) is 16.9. The Kier molecular flexibility index (Phi) is 6.36. The lowest BCUT2D eigenvalue weighted by Gasteiger charge is -2.38. The highest BCUT2D eigenvalue weighted by Gasteiger charge is 2.22. The molecule has 0 bridgehead atoms. The molecule has 22 heavy (non-hydrogen) atoms. The average Bonchev–Trinajstić information content (AvgIpc) is 2.57. The molecule has 5 heteroatoms. The van der Waals surface area contributed by atoms with Crippen molar-refractivity contribution in [2.75, 3.05) is 39.9 Å². The fraction of sp³-hybridized carbons (Fsp3) is 0.588. The summed E-state index contributed by atoms with van der Waals surface area (Å²) in [7, 11) is 1.39. The molecular formula is C17H26N2O3. The summed E-state index contributed by atoms with van der Waals surface area (Å²) in [5, 5.41) is 9.38. The molecule has 1 saturated heterocycles. The van der Waals surface area contributed by atoms with Crippen molar-refractivity contribution in [3.8, 4) is 0 Å². The van der Waals surface area contributed by atoms with Gasteiger partial charge in [-0.1, -0.05) is 19.1 Å². The molecule has 0 radical (unpaired) electrons. The predicted octanol–water partition coefficient (Wildman–Crippen LogP) is 1.36. The third-order valence-corrected chi connectivity index (χ3v) is 4.39. The van der Waals surface area contributed by atoms with Gasteiger partial charge in [0, 0.05) is 38.8 Å². The first-order valence-electron chi connectivity index (χ1n) is 7.92. The molecule has 1 N–H and O–H groups in total. The van der Waals surface area contributed by atoms with Gasteiger partial charge in [0.2, 0.25) is 0 Å². The van der Waals surface area contributed by atoms with Gasteiger partial charge in [0.1, 0.15) is 0 Å². The van der Waals surface area contributed by atoms with Gasteiger partial charge in [-0.2, -0.15) is 0 Å². The molecule has 1 aliphatic heterocycles. The van der Waals surface area contributed by atoms with E-state index in [1.165, 1.54) is 12.7 Å². The highest BCUT2D eigenvalue weighted by molar-refractivity contribution is 5.89. The van der Waals surface area contributed by atoms with Gasteiger partial charge in [0.25, 0.3) is 0 Å². The zero-order chi connectivity index (χ0) is 15.9. The lowest BCUT2D eigenvalue weighted by atomic mass is 10.1. The minimum atomic E-state index is -0.297. The number of hydrogen-bond acceptors (Lipinski definition) is 5. The van der Waals surface area contributed by atoms with Crippen LogP contribution in [0.15, 0.2) is 24.3 Å². The van der Waals surface area contributed by atoms with Crippen LogP contribution in [-0.2, 0) is 11.3 Å². The van der Waals surface area contributed by atoms with Crippen molar-refractivity contribution >= 4 is 5.97 Å². The molecular weight excluding hydrogens is 280 g/mol. The SMILES string of the molecule is CCC(CO)N1CCN(Cc2ccc(C(=O)OC)cc2)CC1. The number of nitrogens with zero attached hydrogens (tertiary/aromatic N) is 2. The van der Waals surface area contributed by atoms with Crippen molar-refractivity contribution in [1.82, 2.24) is 9.80 Å². The Labute approximate surface area is 132 Å². The summed E-state index contributed by atoms with van der Waals surface area (Å²) in [5.74, 6) is -0.297. The summed E-state index contributed by atoms with van der Waals surface area (Å²) in [6.45, 7) is 7.27. The number of aliphatic hydroxyl groups is 1. The van der Waals surface area contributed by atoms with Gasteiger partial charge >= 0.3 is 5.97 Å². The maximum absolute atomic E-state index is 11.4. The molecule has 0 aromatic heterocycles. The number of carbonyl (C=O) groups is 1. The highest BCUT2D eigenvalue weighted by Crippen LogP contribution is 2.13. The Hall–Kier alpha value is -1.43. The van der Waals surface area contributed by atoms with Crippen LogP contribution < -0.4 is 0 Å². The topological polar surface area (TPSA) is 53.0 Å². The van der Waals surface area contributed by atoms with E-state index < -0.39 is 0 Å². The van der Waals surface area contributed by atoms with Crippen molar-refractivity contribution in [2.24, 2.45) is 0 Å². The van der Waals surface area contributed by atoms with Gasteiger partial charge in [-0.25, -0.2) is 4.79 Å². The number of ether oxygens (including phenoxy) is 1. The fourth-order valence-corrected chi connectivity index (χ4v) is 2.91. The number of esters is 1. The van der Waals surface area contributed by atoms with Gasteiger partial charge in [0.15, 0.2) is 0 Å². The molecule has 1 atom stereocenters. The zero-order valence-corrected chi connectivity index (χ0v) is 13.5. The summed E-state index contributed by atoms with van der Waals surface area (Å²) >= 11 is 0. The molecule has 2 rings (SSSR count). The van der Waals surface area contributed by atoms with Crippen LogP contribution in [0, 0.1) is 0 Å². The second-order valence-corrected chi connectivity index (χ2v) is 5.75. The molecule has 0 saturated carbocycles. The summed E-state index contributed by atoms with van der Waals surface area (Å²) in [6.07, 6.45) is 0.992. The molecule has 1 unspecified atom stereocenters. The average molecular weight is 306 g/mol. The van der Waals surface area contributed by atoms with E-state index in [-0.39, 0.29) is 12.6 Å². The van der Waals surface area contributed by atoms with Crippen LogP contribution in [0.25, 0.3) is 0 Å². The Morgan fingerprint density at radius 2 is 1.86 bits per heavy atom. The number of benzene rings is 1. The van der Waals surface area contributed by atoms with E-state index in [0.29, 0.717) is 11.6 Å². The molecule has 1 heterocycles. The second-order valence-electron chi connectivity index (χ2n) is 5.75. The van der Waals surface area contributed by atoms with E-state index >= 15 is 0 Å². The number of piperazine rings is 1. The molecule has 1 fully saturated rings. The molecule has 0 spiro atoms. The van der Waals surface area contributed by atoms with Crippen LogP contribution in [0.4, 0.5) is 0 Å². The minimum absolute atomic E-state index is 0.242. The Morgan fingerprint density at radius 3 is 2.36 bits per heavy atom. The van der Waals surface area contributed by atoms with E-state index in [1.54, 1.807) is 0 Å². The largest absolute Gasteiger partial charge is 0.465 e. The van der Waals surface area contributed by atoms with E-state index in [4.69, 9.17) is 4.74 Å². The van der Waals surface area contributed by atoms with Crippen LogP contribution >= 0.6 is 0 Å². The van der Waals surface area contributed by atoms with Crippen LogP contribution in [-0.4, -0.2) is 66.8 Å². The number of rotatable bonds is 6. The molecule has 1 aliphatic rings. The van der Waals surface area contributed by atoms with E-state index in [2.05, 4.69) is 16.7 Å². The maximum atomic E-state index is 11.4. The van der Waals surface area contributed by atoms with Crippen molar-refractivity contribution in [2.45, 2.75) is 25.9 Å². The third kappa shape index (κ3) is 4.29. The van der Waals surface area contributed by atoms with Crippen molar-refractivity contribution in [1.29, 1.82) is 0 Å². The van der Waals surface area contributed by atoms with Crippen molar-refractivity contribution < 1.29 is 14.6 Å². The lowest BCUT2D eigenvalue weighted by Crippen LogP contribution is -2.50. The van der Waals surface area contributed by atoms with Crippen LogP contribution in [0.2, 0.25) is 0 Å². The Balaban J connectivity index is 1.84. The van der Waals surface area contributed by atoms with Gasteiger partial charge in [0.05, 0.1) is 19.3 Å². The van der Waals surface area contributed by atoms with Gasteiger partial charge < -0.3 is 9.84 Å². The smallest absolute Gasteiger partial charge is 0.337 e. The summed E-state index contributed by atoms with van der Waals surface area (Å²) in [6, 6.07) is 7.90. The summed E-state index contributed by atoms with van der Waals surface area (Å²) in [4.78, 5) is 16.2. The number of methoxy groups -OCH3 is 1. The van der Waals surface area contributed by atoms with E-state index in [0.717, 1.165) is 39.1 Å². The Morgan fingerprint density at radius 1 is 1.23 bits per heavy atom. The van der Waals surface area contributed by atoms with E-state index in [1.807, 2.05) is 24.3 Å². The molecule has 122 valence electrons. The van der Waals surface area contributed by atoms with Crippen LogP contribution in [0.5, 0.6) is 0 Å². The van der Waals surface area contributed by atoms with Crippen LogP contribution in [0.3, 0.4) is 0 Å². The molecule has 5 nitrogen and oxygen atoms in total. The standard InChI is InChI=1S/C17H26N2O3/c1-3-16(13-20)19-10-8-18(9-11-19)12-14-4-6-15(7-5-14)17(21)22-2/h4-7,16,20H,3,8-13H2,1-2H3. The van der Waals surface area contributed by atoms with Crippen molar-refractivity contribution in [3.05, 3.63) is 35.4 Å².